The molecule has 0 aromatic heterocycles. The number of ether oxygens (including phenoxy) is 2. The summed E-state index contributed by atoms with van der Waals surface area (Å²) in [7, 11) is 5.60. The third-order valence-corrected chi connectivity index (χ3v) is 5.57. The Bertz CT molecular complexity index is 963. The Hall–Kier alpha value is -2.74. The number of hydrogen-bond donors (Lipinski definition) is 1. The molecule has 2 aromatic rings. The van der Waals surface area contributed by atoms with Gasteiger partial charge in [0.25, 0.3) is 11.8 Å². The van der Waals surface area contributed by atoms with Crippen LogP contribution >= 0.6 is 0 Å². The molecule has 7 heteroatoms. The molecule has 3 rings (SSSR count). The fraction of sp³-hybridized carbons (Fsp3) is 0.417. The van der Waals surface area contributed by atoms with Crippen LogP contribution in [0.5, 0.6) is 5.75 Å². The number of aliphatic hydroxyl groups excluding tert-OH is 1. The third kappa shape index (κ3) is 4.95. The summed E-state index contributed by atoms with van der Waals surface area (Å²) in [4.78, 5) is 27.5. The highest BCUT2D eigenvalue weighted by Crippen LogP contribution is 2.35. The Kier molecular flexibility index (Phi) is 7.10. The van der Waals surface area contributed by atoms with Gasteiger partial charge in [-0.1, -0.05) is 18.2 Å². The van der Waals surface area contributed by atoms with Gasteiger partial charge in [-0.2, -0.15) is 0 Å². The summed E-state index contributed by atoms with van der Waals surface area (Å²) < 4.78 is 11.3. The number of carbonyl (C=O) groups is 2. The third-order valence-electron chi connectivity index (χ3n) is 5.57. The van der Waals surface area contributed by atoms with Crippen LogP contribution < -0.4 is 4.74 Å². The molecule has 0 saturated heterocycles. The Morgan fingerprint density at radius 1 is 1.16 bits per heavy atom. The topological polar surface area (TPSA) is 76.1 Å². The Balaban J connectivity index is 1.67. The summed E-state index contributed by atoms with van der Waals surface area (Å²) in [5.74, 6) is 0.0864. The smallest absolute Gasteiger partial charge is 0.261 e. The van der Waals surface area contributed by atoms with Crippen LogP contribution in [0.15, 0.2) is 43.0 Å². The molecule has 0 radical (unpaired) electrons. The van der Waals surface area contributed by atoms with Gasteiger partial charge in [0.05, 0.1) is 41.0 Å². The zero-order chi connectivity index (χ0) is 22.6. The number of amides is 2. The number of likely N-dealkylation sites (N-methyl/N-ethyl adjacent to an activating group) is 1. The standard InChI is InChI=1S/C24H31N2O5/c1-5-14-31-16-17(27)15-26(2,3)13-7-12-25-23(28)19-9-6-8-18-21(30-4)11-10-20(22(18)19)24(25)29/h5-6,8-11,17,27H,1,7,12-16H2,2-4H3/q+1. The van der Waals surface area contributed by atoms with Crippen LogP contribution in [0.4, 0.5) is 0 Å². The van der Waals surface area contributed by atoms with E-state index >= 15 is 0 Å². The van der Waals surface area contributed by atoms with E-state index in [1.54, 1.807) is 31.4 Å². The Morgan fingerprint density at radius 3 is 2.55 bits per heavy atom. The second-order valence-corrected chi connectivity index (χ2v) is 8.48. The quantitative estimate of drug-likeness (QED) is 0.258. The number of rotatable bonds is 11. The van der Waals surface area contributed by atoms with Gasteiger partial charge in [-0.3, -0.25) is 14.5 Å². The average Bonchev–Trinajstić information content (AvgIpc) is 2.73. The van der Waals surface area contributed by atoms with Crippen LogP contribution in [-0.4, -0.2) is 86.5 Å². The molecule has 0 bridgehead atoms. The highest BCUT2D eigenvalue weighted by Gasteiger charge is 2.33. The molecule has 166 valence electrons. The molecule has 1 N–H and O–H groups in total. The number of methoxy groups -OCH3 is 1. The fourth-order valence-corrected chi connectivity index (χ4v) is 4.16. The lowest BCUT2D eigenvalue weighted by Gasteiger charge is -2.33. The summed E-state index contributed by atoms with van der Waals surface area (Å²) in [6, 6.07) is 8.93. The molecular weight excluding hydrogens is 396 g/mol. The minimum absolute atomic E-state index is 0.251. The van der Waals surface area contributed by atoms with Gasteiger partial charge in [-0.05, 0) is 18.2 Å². The highest BCUT2D eigenvalue weighted by atomic mass is 16.5. The molecule has 1 unspecified atom stereocenters. The summed E-state index contributed by atoms with van der Waals surface area (Å²) in [5.41, 5.74) is 1.05. The average molecular weight is 428 g/mol. The van der Waals surface area contributed by atoms with E-state index in [-0.39, 0.29) is 18.4 Å². The first-order valence-electron chi connectivity index (χ1n) is 10.4. The van der Waals surface area contributed by atoms with E-state index in [0.29, 0.717) is 59.4 Å². The van der Waals surface area contributed by atoms with Crippen LogP contribution in [0.2, 0.25) is 0 Å². The van der Waals surface area contributed by atoms with Crippen LogP contribution in [0.1, 0.15) is 27.1 Å². The molecule has 1 aliphatic rings. The number of imide groups is 1. The summed E-state index contributed by atoms with van der Waals surface area (Å²) in [5, 5.41) is 11.6. The maximum atomic E-state index is 13.1. The van der Waals surface area contributed by atoms with Crippen LogP contribution in [0.25, 0.3) is 10.8 Å². The molecular formula is C24H31N2O5+. The van der Waals surface area contributed by atoms with E-state index in [1.165, 1.54) is 4.90 Å². The van der Waals surface area contributed by atoms with Gasteiger partial charge < -0.3 is 19.1 Å². The number of benzene rings is 2. The molecule has 7 nitrogen and oxygen atoms in total. The number of hydrogen-bond acceptors (Lipinski definition) is 5. The zero-order valence-corrected chi connectivity index (χ0v) is 18.5. The molecule has 0 aliphatic carbocycles. The maximum absolute atomic E-state index is 13.1. The molecule has 0 spiro atoms. The molecule has 0 fully saturated rings. The first-order valence-corrected chi connectivity index (χ1v) is 10.4. The Labute approximate surface area is 183 Å². The van der Waals surface area contributed by atoms with Crippen molar-refractivity contribution >= 4 is 22.6 Å². The minimum Gasteiger partial charge on any atom is -0.496 e. The van der Waals surface area contributed by atoms with E-state index in [9.17, 15) is 14.7 Å². The second-order valence-electron chi connectivity index (χ2n) is 8.48. The van der Waals surface area contributed by atoms with Crippen molar-refractivity contribution in [2.45, 2.75) is 12.5 Å². The normalized spacial score (nSPS) is 14.8. The monoisotopic (exact) mass is 427 g/mol. The van der Waals surface area contributed by atoms with Gasteiger partial charge in [0.15, 0.2) is 0 Å². The van der Waals surface area contributed by atoms with E-state index in [1.807, 2.05) is 26.2 Å². The van der Waals surface area contributed by atoms with Gasteiger partial charge in [-0.15, -0.1) is 6.58 Å². The van der Waals surface area contributed by atoms with Crippen molar-refractivity contribution in [3.63, 3.8) is 0 Å². The lowest BCUT2D eigenvalue weighted by molar-refractivity contribution is -0.893. The van der Waals surface area contributed by atoms with Crippen molar-refractivity contribution in [3.05, 3.63) is 54.1 Å². The van der Waals surface area contributed by atoms with Crippen molar-refractivity contribution in [2.75, 3.05) is 54.1 Å². The molecule has 2 aromatic carbocycles. The number of quaternary nitrogens is 1. The second kappa shape index (κ2) is 9.60. The van der Waals surface area contributed by atoms with Gasteiger partial charge in [0, 0.05) is 34.9 Å². The van der Waals surface area contributed by atoms with Crippen molar-refractivity contribution in [1.29, 1.82) is 0 Å². The minimum atomic E-state index is -0.590. The molecule has 1 aliphatic heterocycles. The summed E-state index contributed by atoms with van der Waals surface area (Å²) >= 11 is 0. The van der Waals surface area contributed by atoms with E-state index < -0.39 is 6.10 Å². The van der Waals surface area contributed by atoms with Gasteiger partial charge >= 0.3 is 0 Å². The summed E-state index contributed by atoms with van der Waals surface area (Å²) in [6.07, 6.45) is 1.69. The predicted molar refractivity (Wildman–Crippen MR) is 119 cm³/mol. The van der Waals surface area contributed by atoms with Crippen molar-refractivity contribution < 1.29 is 28.7 Å². The maximum Gasteiger partial charge on any atom is 0.261 e. The van der Waals surface area contributed by atoms with Gasteiger partial charge in [0.2, 0.25) is 0 Å². The molecule has 1 atom stereocenters. The SMILES string of the molecule is C=CCOCC(O)C[N+](C)(C)CCCN1C(=O)c2cccc3c(OC)ccc(c23)C1=O. The summed E-state index contributed by atoms with van der Waals surface area (Å²) in [6.45, 7) is 5.79. The fourth-order valence-electron chi connectivity index (χ4n) is 4.16. The Morgan fingerprint density at radius 2 is 1.87 bits per heavy atom. The van der Waals surface area contributed by atoms with E-state index in [2.05, 4.69) is 6.58 Å². The van der Waals surface area contributed by atoms with Crippen molar-refractivity contribution in [2.24, 2.45) is 0 Å². The number of aliphatic hydroxyl groups is 1. The van der Waals surface area contributed by atoms with Gasteiger partial charge in [0.1, 0.15) is 18.4 Å². The number of nitrogens with zero attached hydrogens (tertiary/aromatic N) is 2. The first-order chi connectivity index (χ1) is 14.8. The van der Waals surface area contributed by atoms with Gasteiger partial charge in [-0.25, -0.2) is 0 Å². The van der Waals surface area contributed by atoms with E-state index in [4.69, 9.17) is 9.47 Å². The molecule has 31 heavy (non-hydrogen) atoms. The van der Waals surface area contributed by atoms with Crippen LogP contribution in [0, 0.1) is 0 Å². The highest BCUT2D eigenvalue weighted by molar-refractivity contribution is 6.26. The molecule has 2 amide bonds. The molecule has 1 heterocycles. The van der Waals surface area contributed by atoms with Crippen LogP contribution in [-0.2, 0) is 4.74 Å². The lowest BCUT2D eigenvalue weighted by Crippen LogP contribution is -2.48. The van der Waals surface area contributed by atoms with Crippen LogP contribution in [0.3, 0.4) is 0 Å². The van der Waals surface area contributed by atoms with Crippen molar-refractivity contribution in [1.82, 2.24) is 4.90 Å². The molecule has 0 saturated carbocycles. The zero-order valence-electron chi connectivity index (χ0n) is 18.5. The predicted octanol–water partition coefficient (Wildman–Crippen LogP) is 2.47. The van der Waals surface area contributed by atoms with Crippen molar-refractivity contribution in [3.8, 4) is 5.75 Å². The largest absolute Gasteiger partial charge is 0.496 e. The van der Waals surface area contributed by atoms with E-state index in [0.717, 1.165) is 5.39 Å². The number of carbonyl (C=O) groups excluding carboxylic acids is 2. The lowest BCUT2D eigenvalue weighted by atomic mass is 9.93. The first kappa shape index (κ1) is 22.9.